The van der Waals surface area contributed by atoms with Gasteiger partial charge in [-0.05, 0) is 38.1 Å². The number of carbonyl (C=O) groups is 1. The number of aromatic nitrogens is 2. The van der Waals surface area contributed by atoms with Gasteiger partial charge in [-0.2, -0.15) is 0 Å². The van der Waals surface area contributed by atoms with Crippen LogP contribution in [0.25, 0.3) is 5.82 Å². The second-order valence-corrected chi connectivity index (χ2v) is 3.66. The van der Waals surface area contributed by atoms with Crippen molar-refractivity contribution >= 4 is 5.97 Å². The number of nitrogens with zero attached hydrogens (tertiary/aromatic N) is 2. The van der Waals surface area contributed by atoms with Crippen LogP contribution < -0.4 is 0 Å². The number of aromatic carboxylic acids is 1. The van der Waals surface area contributed by atoms with Crippen molar-refractivity contribution in [2.45, 2.75) is 13.8 Å². The zero-order valence-corrected chi connectivity index (χ0v) is 9.14. The van der Waals surface area contributed by atoms with E-state index in [-0.39, 0.29) is 5.56 Å². The first-order valence-electron chi connectivity index (χ1n) is 4.94. The molecule has 0 spiro atoms. The summed E-state index contributed by atoms with van der Waals surface area (Å²) in [6, 6.07) is 7.01. The first-order valence-corrected chi connectivity index (χ1v) is 4.94. The molecule has 0 fully saturated rings. The van der Waals surface area contributed by atoms with Gasteiger partial charge in [0, 0.05) is 17.6 Å². The van der Waals surface area contributed by atoms with Gasteiger partial charge in [-0.15, -0.1) is 0 Å². The van der Waals surface area contributed by atoms with Crippen molar-refractivity contribution < 1.29 is 9.90 Å². The molecule has 4 nitrogen and oxygen atoms in total. The van der Waals surface area contributed by atoms with Crippen molar-refractivity contribution in [2.24, 2.45) is 0 Å². The maximum absolute atomic E-state index is 10.9. The van der Waals surface area contributed by atoms with E-state index in [1.807, 2.05) is 30.5 Å². The van der Waals surface area contributed by atoms with Gasteiger partial charge in [-0.25, -0.2) is 9.78 Å². The van der Waals surface area contributed by atoms with E-state index >= 15 is 0 Å². The van der Waals surface area contributed by atoms with Crippen molar-refractivity contribution in [3.8, 4) is 5.82 Å². The highest BCUT2D eigenvalue weighted by Crippen LogP contribution is 2.15. The van der Waals surface area contributed by atoms with Gasteiger partial charge < -0.3 is 9.67 Å². The molecule has 1 N–H and O–H groups in total. The molecule has 0 atom stereocenters. The maximum atomic E-state index is 10.9. The molecule has 0 bridgehead atoms. The molecule has 0 aliphatic rings. The Bertz CT molecular complexity index is 524. The van der Waals surface area contributed by atoms with Crippen molar-refractivity contribution in [1.29, 1.82) is 0 Å². The van der Waals surface area contributed by atoms with Crippen molar-refractivity contribution in [2.75, 3.05) is 0 Å². The molecule has 2 aromatic rings. The molecule has 0 aliphatic heterocycles. The molecule has 0 radical (unpaired) electrons. The SMILES string of the molecule is Cc1ccc(C)n1-c1cc(C(=O)O)ccn1. The van der Waals surface area contributed by atoms with Crippen LogP contribution in [-0.4, -0.2) is 20.6 Å². The third-order valence-corrected chi connectivity index (χ3v) is 2.49. The van der Waals surface area contributed by atoms with Gasteiger partial charge in [0.1, 0.15) is 5.82 Å². The second-order valence-electron chi connectivity index (χ2n) is 3.66. The summed E-state index contributed by atoms with van der Waals surface area (Å²) < 4.78 is 1.92. The van der Waals surface area contributed by atoms with Gasteiger partial charge in [0.05, 0.1) is 5.56 Å². The Labute approximate surface area is 93.2 Å². The van der Waals surface area contributed by atoms with Crippen LogP contribution in [-0.2, 0) is 0 Å². The van der Waals surface area contributed by atoms with E-state index < -0.39 is 5.97 Å². The molecule has 0 aromatic carbocycles. The van der Waals surface area contributed by atoms with Crippen LogP contribution in [0.1, 0.15) is 21.7 Å². The molecule has 82 valence electrons. The number of carboxylic acids is 1. The van der Waals surface area contributed by atoms with Crippen LogP contribution in [0, 0.1) is 13.8 Å². The Kier molecular flexibility index (Phi) is 2.48. The van der Waals surface area contributed by atoms with Gasteiger partial charge in [0.15, 0.2) is 0 Å². The summed E-state index contributed by atoms with van der Waals surface area (Å²) in [5.74, 6) is -0.300. The summed E-state index contributed by atoms with van der Waals surface area (Å²) >= 11 is 0. The van der Waals surface area contributed by atoms with Crippen LogP contribution in [0.15, 0.2) is 30.5 Å². The largest absolute Gasteiger partial charge is 0.478 e. The average molecular weight is 216 g/mol. The van der Waals surface area contributed by atoms with E-state index in [0.29, 0.717) is 5.82 Å². The van der Waals surface area contributed by atoms with E-state index in [0.717, 1.165) is 11.4 Å². The Hall–Kier alpha value is -2.10. The summed E-state index contributed by atoms with van der Waals surface area (Å²) in [6.45, 7) is 3.92. The summed E-state index contributed by atoms with van der Waals surface area (Å²) in [6.07, 6.45) is 1.51. The van der Waals surface area contributed by atoms with Crippen LogP contribution >= 0.6 is 0 Å². The number of hydrogen-bond acceptors (Lipinski definition) is 2. The van der Waals surface area contributed by atoms with Gasteiger partial charge >= 0.3 is 5.97 Å². The van der Waals surface area contributed by atoms with Crippen LogP contribution in [0.2, 0.25) is 0 Å². The van der Waals surface area contributed by atoms with E-state index in [1.54, 1.807) is 6.07 Å². The Morgan fingerprint density at radius 3 is 2.44 bits per heavy atom. The molecule has 0 unspecified atom stereocenters. The van der Waals surface area contributed by atoms with Crippen LogP contribution in [0.4, 0.5) is 0 Å². The average Bonchev–Trinajstić information content (AvgIpc) is 2.59. The first kappa shape index (κ1) is 10.4. The van der Waals surface area contributed by atoms with Gasteiger partial charge in [-0.3, -0.25) is 0 Å². The third kappa shape index (κ3) is 1.69. The molecule has 0 saturated carbocycles. The normalized spacial score (nSPS) is 10.4. The molecular formula is C12H12N2O2. The molecule has 0 amide bonds. The predicted octanol–water partition coefficient (Wildman–Crippen LogP) is 2.19. The Balaban J connectivity index is 2.57. The minimum atomic E-state index is -0.939. The number of pyridine rings is 1. The lowest BCUT2D eigenvalue weighted by atomic mass is 10.2. The topological polar surface area (TPSA) is 55.1 Å². The first-order chi connectivity index (χ1) is 7.59. The predicted molar refractivity (Wildman–Crippen MR) is 60.0 cm³/mol. The molecular weight excluding hydrogens is 204 g/mol. The fourth-order valence-electron chi connectivity index (χ4n) is 1.70. The highest BCUT2D eigenvalue weighted by molar-refractivity contribution is 5.87. The molecule has 0 aliphatic carbocycles. The number of hydrogen-bond donors (Lipinski definition) is 1. The standard InChI is InChI=1S/C12H12N2O2/c1-8-3-4-9(2)14(8)11-7-10(12(15)16)5-6-13-11/h3-7H,1-2H3,(H,15,16). The van der Waals surface area contributed by atoms with Gasteiger partial charge in [0.2, 0.25) is 0 Å². The smallest absolute Gasteiger partial charge is 0.335 e. The summed E-state index contributed by atoms with van der Waals surface area (Å²) in [5.41, 5.74) is 2.32. The van der Waals surface area contributed by atoms with Crippen LogP contribution in [0.3, 0.4) is 0 Å². The maximum Gasteiger partial charge on any atom is 0.335 e. The molecule has 2 heterocycles. The fraction of sp³-hybridized carbons (Fsp3) is 0.167. The van der Waals surface area contributed by atoms with E-state index in [1.165, 1.54) is 12.3 Å². The van der Waals surface area contributed by atoms with E-state index in [4.69, 9.17) is 5.11 Å². The zero-order valence-electron chi connectivity index (χ0n) is 9.14. The number of rotatable bonds is 2. The molecule has 16 heavy (non-hydrogen) atoms. The van der Waals surface area contributed by atoms with E-state index in [9.17, 15) is 4.79 Å². The Morgan fingerprint density at radius 1 is 1.25 bits per heavy atom. The quantitative estimate of drug-likeness (QED) is 0.837. The fourth-order valence-corrected chi connectivity index (χ4v) is 1.70. The lowest BCUT2D eigenvalue weighted by Crippen LogP contribution is -2.04. The summed E-state index contributed by atoms with van der Waals surface area (Å²) in [7, 11) is 0. The second kappa shape index (κ2) is 3.81. The lowest BCUT2D eigenvalue weighted by molar-refractivity contribution is 0.0696. The third-order valence-electron chi connectivity index (χ3n) is 2.49. The number of aryl methyl sites for hydroxylation is 2. The zero-order chi connectivity index (χ0) is 11.7. The van der Waals surface area contributed by atoms with Crippen molar-refractivity contribution in [3.63, 3.8) is 0 Å². The number of carboxylic acid groups (broad SMARTS) is 1. The van der Waals surface area contributed by atoms with Crippen molar-refractivity contribution in [3.05, 3.63) is 47.4 Å². The Morgan fingerprint density at radius 2 is 1.88 bits per heavy atom. The highest BCUT2D eigenvalue weighted by atomic mass is 16.4. The van der Waals surface area contributed by atoms with E-state index in [2.05, 4.69) is 4.98 Å². The minimum Gasteiger partial charge on any atom is -0.478 e. The highest BCUT2D eigenvalue weighted by Gasteiger charge is 2.08. The lowest BCUT2D eigenvalue weighted by Gasteiger charge is -2.08. The molecule has 0 saturated heterocycles. The minimum absolute atomic E-state index is 0.248. The monoisotopic (exact) mass is 216 g/mol. The van der Waals surface area contributed by atoms with Gasteiger partial charge in [0.25, 0.3) is 0 Å². The molecule has 4 heteroatoms. The van der Waals surface area contributed by atoms with Gasteiger partial charge in [-0.1, -0.05) is 0 Å². The van der Waals surface area contributed by atoms with Crippen LogP contribution in [0.5, 0.6) is 0 Å². The molecule has 2 rings (SSSR count). The van der Waals surface area contributed by atoms with Crippen molar-refractivity contribution in [1.82, 2.24) is 9.55 Å². The summed E-state index contributed by atoms with van der Waals surface area (Å²) in [5, 5.41) is 8.91. The summed E-state index contributed by atoms with van der Waals surface area (Å²) in [4.78, 5) is 15.0. The molecule has 2 aromatic heterocycles.